The van der Waals surface area contributed by atoms with E-state index in [0.29, 0.717) is 22.0 Å². The zero-order valence-electron chi connectivity index (χ0n) is 14.6. The van der Waals surface area contributed by atoms with Crippen molar-refractivity contribution in [2.24, 2.45) is 4.99 Å². The summed E-state index contributed by atoms with van der Waals surface area (Å²) in [5.74, 6) is -0.424. The molecule has 27 heavy (non-hydrogen) atoms. The zero-order valence-corrected chi connectivity index (χ0v) is 15.4. The number of aliphatic imine (C=N–C) groups is 1. The summed E-state index contributed by atoms with van der Waals surface area (Å²) in [7, 11) is 0. The van der Waals surface area contributed by atoms with Crippen LogP contribution < -0.4 is 4.90 Å². The van der Waals surface area contributed by atoms with Crippen LogP contribution in [0.4, 0.5) is 11.4 Å². The highest BCUT2D eigenvalue weighted by Crippen LogP contribution is 2.30. The first-order valence-electron chi connectivity index (χ1n) is 8.36. The van der Waals surface area contributed by atoms with Gasteiger partial charge in [-0.15, -0.1) is 0 Å². The number of nitro groups is 1. The lowest BCUT2D eigenvalue weighted by Crippen LogP contribution is -2.36. The molecular weight excluding hydrogens is 366 g/mol. The van der Waals surface area contributed by atoms with E-state index in [-0.39, 0.29) is 25.4 Å². The van der Waals surface area contributed by atoms with Crippen LogP contribution in [0.1, 0.15) is 18.1 Å². The third-order valence-electron chi connectivity index (χ3n) is 4.05. The first-order chi connectivity index (χ1) is 13.0. The number of benzene rings is 2. The van der Waals surface area contributed by atoms with Gasteiger partial charge in [-0.25, -0.2) is 0 Å². The number of carbonyl (C=O) groups is 1. The van der Waals surface area contributed by atoms with Crippen LogP contribution in [0.2, 0.25) is 0 Å². The van der Waals surface area contributed by atoms with Crippen molar-refractivity contribution in [2.75, 3.05) is 24.6 Å². The number of carbonyl (C=O) groups excluding carboxylic acids is 1. The minimum absolute atomic E-state index is 0.0544. The molecule has 2 aromatic carbocycles. The van der Waals surface area contributed by atoms with Gasteiger partial charge in [-0.1, -0.05) is 42.5 Å². The second kappa shape index (κ2) is 8.05. The molecule has 0 saturated heterocycles. The molecule has 0 bridgehead atoms. The van der Waals surface area contributed by atoms with Gasteiger partial charge in [-0.3, -0.25) is 19.9 Å². The van der Waals surface area contributed by atoms with Crippen LogP contribution >= 0.6 is 12.2 Å². The highest BCUT2D eigenvalue weighted by molar-refractivity contribution is 7.80. The summed E-state index contributed by atoms with van der Waals surface area (Å²) in [5, 5.41) is 11.3. The first kappa shape index (κ1) is 18.7. The predicted octanol–water partition coefficient (Wildman–Crippen LogP) is 3.14. The van der Waals surface area contributed by atoms with Gasteiger partial charge in [0.25, 0.3) is 5.69 Å². The number of anilines is 1. The number of thiocarbonyl (C=S) groups is 1. The fourth-order valence-electron chi connectivity index (χ4n) is 2.87. The standard InChI is InChI=1S/C19H17N3O4S/c1-2-26-18(23)12-21-16-9-8-14(22(24)25)10-15(16)19(20-11-17(21)27)13-6-4-3-5-7-13/h3-10H,2,11-12H2,1H3. The molecule has 0 N–H and O–H groups in total. The molecule has 0 aliphatic carbocycles. The summed E-state index contributed by atoms with van der Waals surface area (Å²) in [6.45, 7) is 2.11. The van der Waals surface area contributed by atoms with Crippen molar-refractivity contribution in [3.63, 3.8) is 0 Å². The number of nitrogens with zero attached hydrogens (tertiary/aromatic N) is 3. The van der Waals surface area contributed by atoms with Gasteiger partial charge >= 0.3 is 5.97 Å². The van der Waals surface area contributed by atoms with Gasteiger partial charge in [0.1, 0.15) is 11.5 Å². The van der Waals surface area contributed by atoms with Crippen molar-refractivity contribution in [1.82, 2.24) is 0 Å². The molecule has 1 aliphatic heterocycles. The van der Waals surface area contributed by atoms with Crippen LogP contribution in [0.25, 0.3) is 0 Å². The van der Waals surface area contributed by atoms with E-state index in [9.17, 15) is 14.9 Å². The van der Waals surface area contributed by atoms with E-state index >= 15 is 0 Å². The number of fused-ring (bicyclic) bond motifs is 1. The van der Waals surface area contributed by atoms with Gasteiger partial charge in [0, 0.05) is 23.3 Å². The Hall–Kier alpha value is -3.13. The first-order valence-corrected chi connectivity index (χ1v) is 8.76. The van der Waals surface area contributed by atoms with Gasteiger partial charge in [0.05, 0.1) is 29.5 Å². The van der Waals surface area contributed by atoms with Crippen LogP contribution in [0, 0.1) is 10.1 Å². The van der Waals surface area contributed by atoms with E-state index in [2.05, 4.69) is 4.99 Å². The Morgan fingerprint density at radius 1 is 1.30 bits per heavy atom. The lowest BCUT2D eigenvalue weighted by atomic mass is 9.99. The molecule has 0 unspecified atom stereocenters. The highest BCUT2D eigenvalue weighted by atomic mass is 32.1. The molecule has 8 heteroatoms. The maximum atomic E-state index is 12.0. The fraction of sp³-hybridized carbons (Fsp3) is 0.211. The second-order valence-electron chi connectivity index (χ2n) is 5.77. The van der Waals surface area contributed by atoms with E-state index in [1.165, 1.54) is 12.1 Å². The highest BCUT2D eigenvalue weighted by Gasteiger charge is 2.27. The van der Waals surface area contributed by atoms with Gasteiger partial charge in [0.2, 0.25) is 0 Å². The number of hydrogen-bond donors (Lipinski definition) is 0. The summed E-state index contributed by atoms with van der Waals surface area (Å²) in [5.41, 5.74) is 2.52. The average Bonchev–Trinajstić information content (AvgIpc) is 2.79. The van der Waals surface area contributed by atoms with Crippen LogP contribution in [-0.2, 0) is 9.53 Å². The molecule has 1 heterocycles. The monoisotopic (exact) mass is 383 g/mol. The molecule has 0 spiro atoms. The Kier molecular flexibility index (Phi) is 5.56. The predicted molar refractivity (Wildman–Crippen MR) is 107 cm³/mol. The van der Waals surface area contributed by atoms with E-state index in [1.807, 2.05) is 30.3 Å². The number of benzodiazepines with no additional fused rings is 1. The average molecular weight is 383 g/mol. The Balaban J connectivity index is 2.14. The Labute approximate surface area is 161 Å². The third kappa shape index (κ3) is 4.01. The van der Waals surface area contributed by atoms with Crippen LogP contribution in [-0.4, -0.2) is 41.3 Å². The summed E-state index contributed by atoms with van der Waals surface area (Å²) < 4.78 is 5.04. The molecule has 0 atom stereocenters. The lowest BCUT2D eigenvalue weighted by Gasteiger charge is -2.24. The van der Waals surface area contributed by atoms with Crippen molar-refractivity contribution in [2.45, 2.75) is 6.92 Å². The maximum Gasteiger partial charge on any atom is 0.325 e. The van der Waals surface area contributed by atoms with Crippen LogP contribution in [0.15, 0.2) is 53.5 Å². The molecule has 138 valence electrons. The SMILES string of the molecule is CCOC(=O)CN1C(=S)CN=C(c2ccccc2)c2cc([N+](=O)[O-])ccc21. The number of non-ortho nitro benzene ring substituents is 1. The van der Waals surface area contributed by atoms with Crippen molar-refractivity contribution in [1.29, 1.82) is 0 Å². The van der Waals surface area contributed by atoms with Gasteiger partial charge in [-0.2, -0.15) is 0 Å². The summed E-state index contributed by atoms with van der Waals surface area (Å²) in [6.07, 6.45) is 0. The van der Waals surface area contributed by atoms with E-state index in [0.717, 1.165) is 5.56 Å². The maximum absolute atomic E-state index is 12.0. The lowest BCUT2D eigenvalue weighted by molar-refractivity contribution is -0.384. The van der Waals surface area contributed by atoms with E-state index in [1.54, 1.807) is 17.9 Å². The number of rotatable bonds is 5. The molecule has 2 aromatic rings. The van der Waals surface area contributed by atoms with Gasteiger partial charge in [-0.05, 0) is 13.0 Å². The summed E-state index contributed by atoms with van der Waals surface area (Å²) in [4.78, 5) is 29.5. The molecule has 7 nitrogen and oxygen atoms in total. The molecule has 1 aliphatic rings. The fourth-order valence-corrected chi connectivity index (χ4v) is 3.09. The topological polar surface area (TPSA) is 85.0 Å². The van der Waals surface area contributed by atoms with Crippen molar-refractivity contribution in [3.8, 4) is 0 Å². The second-order valence-corrected chi connectivity index (χ2v) is 6.25. The van der Waals surface area contributed by atoms with E-state index < -0.39 is 10.9 Å². The van der Waals surface area contributed by atoms with Crippen molar-refractivity contribution >= 4 is 40.3 Å². The smallest absolute Gasteiger partial charge is 0.325 e. The normalized spacial score (nSPS) is 13.4. The minimum atomic E-state index is -0.457. The summed E-state index contributed by atoms with van der Waals surface area (Å²) in [6, 6.07) is 13.8. The minimum Gasteiger partial charge on any atom is -0.465 e. The number of esters is 1. The molecule has 0 amide bonds. The Morgan fingerprint density at radius 3 is 2.70 bits per heavy atom. The van der Waals surface area contributed by atoms with Crippen molar-refractivity contribution in [3.05, 3.63) is 69.8 Å². The van der Waals surface area contributed by atoms with E-state index in [4.69, 9.17) is 17.0 Å². The largest absolute Gasteiger partial charge is 0.465 e. The van der Waals surface area contributed by atoms with Crippen molar-refractivity contribution < 1.29 is 14.5 Å². The zero-order chi connectivity index (χ0) is 19.4. The third-order valence-corrected chi connectivity index (χ3v) is 4.40. The van der Waals surface area contributed by atoms with Gasteiger partial charge < -0.3 is 9.64 Å². The van der Waals surface area contributed by atoms with Gasteiger partial charge in [0.15, 0.2) is 0 Å². The number of nitro benzene ring substituents is 1. The molecule has 0 radical (unpaired) electrons. The number of hydrogen-bond acceptors (Lipinski definition) is 6. The Bertz CT molecular complexity index is 928. The molecule has 0 fully saturated rings. The van der Waals surface area contributed by atoms with Crippen LogP contribution in [0.5, 0.6) is 0 Å². The molecule has 3 rings (SSSR count). The quantitative estimate of drug-likeness (QED) is 0.341. The number of ether oxygens (including phenoxy) is 1. The summed E-state index contributed by atoms with van der Waals surface area (Å²) >= 11 is 5.46. The molecule has 0 aromatic heterocycles. The molecular formula is C19H17N3O4S. The Morgan fingerprint density at radius 2 is 2.04 bits per heavy atom. The molecule has 0 saturated carbocycles. The van der Waals surface area contributed by atoms with Crippen LogP contribution in [0.3, 0.4) is 0 Å².